The molecule has 3 atom stereocenters. The summed E-state index contributed by atoms with van der Waals surface area (Å²) in [4.78, 5) is 13.6. The summed E-state index contributed by atoms with van der Waals surface area (Å²) >= 11 is 3.41. The number of amides is 1. The molecular formula is C14H17BrN2O3S. The summed E-state index contributed by atoms with van der Waals surface area (Å²) < 4.78 is 26.0. The SMILES string of the molecule is CC(=O)N1[C@@H]2CN(S(C)(=O)=O)C[C@H]1C2c1ccc(Br)cc1. The Hall–Kier alpha value is -0.920. The van der Waals surface area contributed by atoms with Crippen LogP contribution < -0.4 is 0 Å². The Bertz CT molecular complexity index is 660. The highest BCUT2D eigenvalue weighted by molar-refractivity contribution is 9.10. The van der Waals surface area contributed by atoms with Crippen molar-refractivity contribution < 1.29 is 13.2 Å². The second-order valence-corrected chi connectivity index (χ2v) is 8.62. The Morgan fingerprint density at radius 1 is 1.19 bits per heavy atom. The van der Waals surface area contributed by atoms with Gasteiger partial charge in [-0.05, 0) is 17.7 Å². The van der Waals surface area contributed by atoms with Crippen LogP contribution in [0.25, 0.3) is 0 Å². The van der Waals surface area contributed by atoms with Crippen molar-refractivity contribution in [3.8, 4) is 0 Å². The fourth-order valence-electron chi connectivity index (χ4n) is 3.51. The molecule has 2 saturated heterocycles. The van der Waals surface area contributed by atoms with Gasteiger partial charge >= 0.3 is 0 Å². The van der Waals surface area contributed by atoms with Crippen LogP contribution >= 0.6 is 15.9 Å². The van der Waals surface area contributed by atoms with Crippen LogP contribution in [0.2, 0.25) is 0 Å². The third kappa shape index (κ3) is 2.51. The highest BCUT2D eigenvalue weighted by atomic mass is 79.9. The number of carbonyl (C=O) groups is 1. The highest BCUT2D eigenvalue weighted by Gasteiger charge is 2.56. The molecule has 21 heavy (non-hydrogen) atoms. The topological polar surface area (TPSA) is 57.7 Å². The maximum Gasteiger partial charge on any atom is 0.220 e. The lowest BCUT2D eigenvalue weighted by Gasteiger charge is -2.61. The van der Waals surface area contributed by atoms with Gasteiger partial charge in [-0.3, -0.25) is 4.79 Å². The fraction of sp³-hybridized carbons (Fsp3) is 0.500. The zero-order chi connectivity index (χ0) is 15.4. The quantitative estimate of drug-likeness (QED) is 0.788. The van der Waals surface area contributed by atoms with Crippen LogP contribution in [0.3, 0.4) is 0 Å². The standard InChI is InChI=1S/C14H17BrN2O3S/c1-9(18)17-12-7-16(21(2,19)20)8-13(17)14(12)10-3-5-11(15)6-4-10/h3-6,12-14H,7-8H2,1-2H3/t12-,13+,14?. The first-order valence-corrected chi connectivity index (χ1v) is 9.42. The van der Waals surface area contributed by atoms with Crippen LogP contribution in [0.1, 0.15) is 18.4 Å². The van der Waals surface area contributed by atoms with E-state index in [1.54, 1.807) is 6.92 Å². The van der Waals surface area contributed by atoms with E-state index in [4.69, 9.17) is 0 Å². The molecule has 2 heterocycles. The van der Waals surface area contributed by atoms with Crippen molar-refractivity contribution in [3.63, 3.8) is 0 Å². The molecule has 0 saturated carbocycles. The van der Waals surface area contributed by atoms with Gasteiger partial charge in [-0.1, -0.05) is 28.1 Å². The van der Waals surface area contributed by atoms with Crippen molar-refractivity contribution in [2.45, 2.75) is 24.9 Å². The molecule has 0 radical (unpaired) electrons. The van der Waals surface area contributed by atoms with Gasteiger partial charge in [0.15, 0.2) is 0 Å². The van der Waals surface area contributed by atoms with Crippen molar-refractivity contribution >= 4 is 31.9 Å². The van der Waals surface area contributed by atoms with Gasteiger partial charge < -0.3 is 4.90 Å². The average Bonchev–Trinajstić information content (AvgIpc) is 2.39. The maximum atomic E-state index is 11.8. The minimum absolute atomic E-state index is 0.0199. The Morgan fingerprint density at radius 2 is 1.71 bits per heavy atom. The Kier molecular flexibility index (Phi) is 3.62. The molecule has 1 aromatic rings. The van der Waals surface area contributed by atoms with Crippen LogP contribution in [0.5, 0.6) is 0 Å². The second-order valence-electron chi connectivity index (χ2n) is 5.72. The lowest BCUT2D eigenvalue weighted by Crippen LogP contribution is -2.74. The van der Waals surface area contributed by atoms with Crippen molar-refractivity contribution in [1.29, 1.82) is 0 Å². The van der Waals surface area contributed by atoms with E-state index >= 15 is 0 Å². The van der Waals surface area contributed by atoms with Gasteiger partial charge in [-0.2, -0.15) is 4.31 Å². The van der Waals surface area contributed by atoms with Crippen LogP contribution in [0.15, 0.2) is 28.7 Å². The van der Waals surface area contributed by atoms with Crippen molar-refractivity contribution in [3.05, 3.63) is 34.3 Å². The molecule has 3 rings (SSSR count). The number of piperidine rings is 1. The molecule has 0 aromatic heterocycles. The lowest BCUT2D eigenvalue weighted by molar-refractivity contribution is -0.152. The van der Waals surface area contributed by atoms with Gasteiger partial charge in [0, 0.05) is 30.4 Å². The summed E-state index contributed by atoms with van der Waals surface area (Å²) in [6.07, 6.45) is 1.23. The molecule has 7 heteroatoms. The number of hydrogen-bond acceptors (Lipinski definition) is 3. The minimum atomic E-state index is -3.20. The monoisotopic (exact) mass is 372 g/mol. The zero-order valence-corrected chi connectivity index (χ0v) is 14.3. The summed E-state index contributed by atoms with van der Waals surface area (Å²) in [5, 5.41) is 0. The first-order valence-electron chi connectivity index (χ1n) is 6.78. The number of fused-ring (bicyclic) bond motifs is 2. The van der Waals surface area contributed by atoms with E-state index < -0.39 is 10.0 Å². The molecule has 114 valence electrons. The summed E-state index contributed by atoms with van der Waals surface area (Å²) in [7, 11) is -3.20. The van der Waals surface area contributed by atoms with E-state index in [0.29, 0.717) is 13.1 Å². The van der Waals surface area contributed by atoms with Crippen LogP contribution in [0.4, 0.5) is 0 Å². The number of nitrogens with zero attached hydrogens (tertiary/aromatic N) is 2. The van der Waals surface area contributed by atoms with Gasteiger partial charge in [-0.15, -0.1) is 0 Å². The predicted octanol–water partition coefficient (Wildman–Crippen LogP) is 1.41. The van der Waals surface area contributed by atoms with E-state index in [1.807, 2.05) is 29.2 Å². The van der Waals surface area contributed by atoms with Gasteiger partial charge in [0.2, 0.25) is 15.9 Å². The zero-order valence-electron chi connectivity index (χ0n) is 11.9. The number of piperazine rings is 1. The summed E-state index contributed by atoms with van der Waals surface area (Å²) in [6, 6.07) is 7.94. The Morgan fingerprint density at radius 3 is 2.14 bits per heavy atom. The highest BCUT2D eigenvalue weighted by Crippen LogP contribution is 2.45. The normalized spacial score (nSPS) is 29.1. The van der Waals surface area contributed by atoms with Crippen molar-refractivity contribution in [1.82, 2.24) is 9.21 Å². The average molecular weight is 373 g/mol. The van der Waals surface area contributed by atoms with Gasteiger partial charge in [0.25, 0.3) is 0 Å². The number of benzene rings is 1. The fourth-order valence-corrected chi connectivity index (χ4v) is 4.62. The van der Waals surface area contributed by atoms with Crippen molar-refractivity contribution in [2.75, 3.05) is 19.3 Å². The molecule has 2 fully saturated rings. The Labute approximate surface area is 133 Å². The third-order valence-electron chi connectivity index (χ3n) is 4.41. The second kappa shape index (κ2) is 5.07. The molecule has 5 nitrogen and oxygen atoms in total. The number of sulfonamides is 1. The van der Waals surface area contributed by atoms with Crippen LogP contribution in [0, 0.1) is 0 Å². The van der Waals surface area contributed by atoms with Gasteiger partial charge in [0.1, 0.15) is 0 Å². The van der Waals surface area contributed by atoms with E-state index in [2.05, 4.69) is 15.9 Å². The molecule has 2 aliphatic heterocycles. The Balaban J connectivity index is 1.89. The molecular weight excluding hydrogens is 356 g/mol. The van der Waals surface area contributed by atoms with E-state index in [9.17, 15) is 13.2 Å². The van der Waals surface area contributed by atoms with Crippen LogP contribution in [-0.4, -0.2) is 55.0 Å². The molecule has 2 bridgehead atoms. The van der Waals surface area contributed by atoms with Gasteiger partial charge in [-0.25, -0.2) is 8.42 Å². The van der Waals surface area contributed by atoms with Crippen molar-refractivity contribution in [2.24, 2.45) is 0 Å². The smallest absolute Gasteiger partial charge is 0.220 e. The first kappa shape index (κ1) is 15.0. The molecule has 0 spiro atoms. The molecule has 2 aliphatic rings. The largest absolute Gasteiger partial charge is 0.333 e. The summed E-state index contributed by atoms with van der Waals surface area (Å²) in [5.74, 6) is 0.242. The molecule has 1 unspecified atom stereocenters. The molecule has 0 aliphatic carbocycles. The third-order valence-corrected chi connectivity index (χ3v) is 6.18. The maximum absolute atomic E-state index is 11.8. The van der Waals surface area contributed by atoms with Gasteiger partial charge in [0.05, 0.1) is 18.3 Å². The number of halogens is 1. The summed E-state index contributed by atoms with van der Waals surface area (Å²) in [5.41, 5.74) is 1.17. The lowest BCUT2D eigenvalue weighted by atomic mass is 9.72. The molecule has 0 N–H and O–H groups in total. The number of rotatable bonds is 2. The molecule has 1 aromatic carbocycles. The van der Waals surface area contributed by atoms with Crippen LogP contribution in [-0.2, 0) is 14.8 Å². The number of hydrogen-bond donors (Lipinski definition) is 0. The number of carbonyl (C=O) groups excluding carboxylic acids is 1. The molecule has 1 amide bonds. The minimum Gasteiger partial charge on any atom is -0.333 e. The van der Waals surface area contributed by atoms with E-state index in [1.165, 1.54) is 16.1 Å². The van der Waals surface area contributed by atoms with E-state index in [-0.39, 0.29) is 23.9 Å². The first-order chi connectivity index (χ1) is 9.79. The summed E-state index contributed by atoms with van der Waals surface area (Å²) in [6.45, 7) is 2.32. The van der Waals surface area contributed by atoms with E-state index in [0.717, 1.165) is 4.47 Å². The predicted molar refractivity (Wildman–Crippen MR) is 83.4 cm³/mol.